The molecule has 4 nitrogen and oxygen atoms in total. The third-order valence-corrected chi connectivity index (χ3v) is 10.2. The van der Waals surface area contributed by atoms with E-state index in [1.54, 1.807) is 0 Å². The number of carbonyl (C=O) groups is 1. The first-order chi connectivity index (χ1) is 13.2. The molecule has 0 saturated heterocycles. The Hall–Kier alpha value is -0.610. The first kappa shape index (κ1) is 20.7. The number of aliphatic carboxylic acids is 1. The van der Waals surface area contributed by atoms with E-state index >= 15 is 0 Å². The van der Waals surface area contributed by atoms with E-state index in [4.69, 9.17) is 5.11 Å². The molecule has 28 heavy (non-hydrogen) atoms. The summed E-state index contributed by atoms with van der Waals surface area (Å²) < 4.78 is 0. The van der Waals surface area contributed by atoms with Crippen molar-refractivity contribution < 1.29 is 20.1 Å². The molecule has 0 aromatic heterocycles. The molecule has 160 valence electrons. The lowest BCUT2D eigenvalue weighted by Gasteiger charge is -2.62. The van der Waals surface area contributed by atoms with Crippen LogP contribution in [0.5, 0.6) is 0 Å². The highest BCUT2D eigenvalue weighted by atomic mass is 16.4. The second-order valence-electron chi connectivity index (χ2n) is 11.4. The van der Waals surface area contributed by atoms with Crippen LogP contribution in [0.25, 0.3) is 0 Å². The van der Waals surface area contributed by atoms with Gasteiger partial charge in [0, 0.05) is 6.42 Å². The molecule has 0 aromatic carbocycles. The van der Waals surface area contributed by atoms with E-state index < -0.39 is 5.97 Å². The monoisotopic (exact) mass is 392 g/mol. The van der Waals surface area contributed by atoms with Crippen LogP contribution < -0.4 is 0 Å². The summed E-state index contributed by atoms with van der Waals surface area (Å²) in [6.07, 6.45) is 9.19. The lowest BCUT2D eigenvalue weighted by Crippen LogP contribution is -2.58. The Kier molecular flexibility index (Phi) is 5.36. The Morgan fingerprint density at radius 3 is 2.39 bits per heavy atom. The summed E-state index contributed by atoms with van der Waals surface area (Å²) in [6.45, 7) is 7.16. The number of carboxylic acids is 1. The fourth-order valence-electron chi connectivity index (χ4n) is 8.73. The minimum Gasteiger partial charge on any atom is -0.481 e. The van der Waals surface area contributed by atoms with Crippen LogP contribution in [0.2, 0.25) is 0 Å². The minimum absolute atomic E-state index is 0.179. The summed E-state index contributed by atoms with van der Waals surface area (Å²) in [5.41, 5.74) is 0.523. The first-order valence-electron chi connectivity index (χ1n) is 11.7. The number of fused-ring (bicyclic) bond motifs is 5. The van der Waals surface area contributed by atoms with Crippen molar-refractivity contribution in [2.75, 3.05) is 0 Å². The molecule has 4 saturated carbocycles. The Morgan fingerprint density at radius 2 is 1.68 bits per heavy atom. The first-order valence-corrected chi connectivity index (χ1v) is 11.7. The highest BCUT2D eigenvalue weighted by molar-refractivity contribution is 5.66. The summed E-state index contributed by atoms with van der Waals surface area (Å²) >= 11 is 0. The van der Waals surface area contributed by atoms with Gasteiger partial charge in [-0.3, -0.25) is 4.79 Å². The van der Waals surface area contributed by atoms with Crippen LogP contribution in [0.3, 0.4) is 0 Å². The van der Waals surface area contributed by atoms with Gasteiger partial charge in [-0.2, -0.15) is 0 Å². The van der Waals surface area contributed by atoms with Crippen LogP contribution in [-0.4, -0.2) is 33.5 Å². The number of rotatable bonds is 4. The van der Waals surface area contributed by atoms with Gasteiger partial charge in [0.1, 0.15) is 0 Å². The van der Waals surface area contributed by atoms with E-state index in [-0.39, 0.29) is 29.5 Å². The molecule has 4 rings (SSSR count). The van der Waals surface area contributed by atoms with Crippen molar-refractivity contribution in [1.29, 1.82) is 0 Å². The van der Waals surface area contributed by atoms with E-state index in [9.17, 15) is 15.0 Å². The number of hydrogen-bond donors (Lipinski definition) is 3. The van der Waals surface area contributed by atoms with Gasteiger partial charge in [-0.1, -0.05) is 20.8 Å². The molecule has 3 N–H and O–H groups in total. The molecule has 4 fully saturated rings. The molecule has 0 amide bonds. The van der Waals surface area contributed by atoms with E-state index in [0.717, 1.165) is 32.1 Å². The third kappa shape index (κ3) is 3.14. The van der Waals surface area contributed by atoms with Gasteiger partial charge in [0.25, 0.3) is 0 Å². The van der Waals surface area contributed by atoms with Crippen molar-refractivity contribution >= 4 is 5.97 Å². The van der Waals surface area contributed by atoms with Crippen molar-refractivity contribution in [3.05, 3.63) is 0 Å². The SMILES string of the molecule is C[C@H](CCC(=O)O)[C@H]1CC[C@H]2C3[C@@H](O)C[C@@H]4C[C@H](O)CC[C@]4(C)[C@H]3CC[C@]12C. The van der Waals surface area contributed by atoms with Gasteiger partial charge < -0.3 is 15.3 Å². The van der Waals surface area contributed by atoms with Crippen LogP contribution >= 0.6 is 0 Å². The fraction of sp³-hybridized carbons (Fsp3) is 0.958. The summed E-state index contributed by atoms with van der Waals surface area (Å²) in [7, 11) is 0. The predicted molar refractivity (Wildman–Crippen MR) is 109 cm³/mol. The van der Waals surface area contributed by atoms with Crippen molar-refractivity contribution in [2.45, 2.75) is 97.2 Å². The number of aliphatic hydroxyl groups is 2. The van der Waals surface area contributed by atoms with E-state index in [2.05, 4.69) is 20.8 Å². The van der Waals surface area contributed by atoms with Crippen molar-refractivity contribution in [2.24, 2.45) is 46.3 Å². The molecular weight excluding hydrogens is 352 g/mol. The molecule has 0 spiro atoms. The van der Waals surface area contributed by atoms with E-state index in [1.807, 2.05) is 0 Å². The summed E-state index contributed by atoms with van der Waals surface area (Å²) in [5, 5.41) is 30.5. The number of carboxylic acid groups (broad SMARTS) is 1. The van der Waals surface area contributed by atoms with Gasteiger partial charge in [-0.05, 0) is 104 Å². The van der Waals surface area contributed by atoms with Crippen molar-refractivity contribution in [1.82, 2.24) is 0 Å². The van der Waals surface area contributed by atoms with Crippen LogP contribution in [0.15, 0.2) is 0 Å². The van der Waals surface area contributed by atoms with Crippen LogP contribution in [0.1, 0.15) is 85.0 Å². The molecule has 10 atom stereocenters. The normalized spacial score (nSPS) is 51.7. The smallest absolute Gasteiger partial charge is 0.303 e. The zero-order valence-electron chi connectivity index (χ0n) is 17.9. The van der Waals surface area contributed by atoms with Gasteiger partial charge in [-0.25, -0.2) is 0 Å². The summed E-state index contributed by atoms with van der Waals surface area (Å²) in [6, 6.07) is 0. The topological polar surface area (TPSA) is 77.8 Å². The Morgan fingerprint density at radius 1 is 1.00 bits per heavy atom. The largest absolute Gasteiger partial charge is 0.481 e. The van der Waals surface area contributed by atoms with Crippen LogP contribution in [-0.2, 0) is 4.79 Å². The van der Waals surface area contributed by atoms with Crippen molar-refractivity contribution in [3.8, 4) is 0 Å². The Labute approximate surface area is 170 Å². The van der Waals surface area contributed by atoms with Gasteiger partial charge in [0.15, 0.2) is 0 Å². The maximum Gasteiger partial charge on any atom is 0.303 e. The maximum absolute atomic E-state index is 11.2. The average molecular weight is 393 g/mol. The zero-order chi connectivity index (χ0) is 20.3. The van der Waals surface area contributed by atoms with Crippen LogP contribution in [0, 0.1) is 46.3 Å². The molecule has 4 aliphatic rings. The molecule has 0 aliphatic heterocycles. The molecule has 0 bridgehead atoms. The maximum atomic E-state index is 11.2. The lowest BCUT2D eigenvalue weighted by atomic mass is 9.43. The molecule has 0 radical (unpaired) electrons. The Bertz CT molecular complexity index is 605. The molecule has 0 aromatic rings. The summed E-state index contributed by atoms with van der Waals surface area (Å²) in [5.74, 6) is 2.36. The van der Waals surface area contributed by atoms with E-state index in [1.165, 1.54) is 25.7 Å². The van der Waals surface area contributed by atoms with Gasteiger partial charge in [-0.15, -0.1) is 0 Å². The second kappa shape index (κ2) is 7.27. The standard InChI is InChI=1S/C24H40O4/c1-14(4-7-21(27)28)17-5-6-18-22-19(9-11-24(17,18)3)23(2)10-8-16(25)12-15(23)13-20(22)26/h14-20,22,25-26H,4-13H2,1-3H3,(H,27,28)/t14-,15+,16-,17-,18+,19+,20+,22?,23+,24-/m1/s1. The molecule has 4 aliphatic carbocycles. The molecule has 0 heterocycles. The van der Waals surface area contributed by atoms with E-state index in [0.29, 0.717) is 35.5 Å². The van der Waals surface area contributed by atoms with Crippen LogP contribution in [0.4, 0.5) is 0 Å². The van der Waals surface area contributed by atoms with Gasteiger partial charge in [0.05, 0.1) is 12.2 Å². The summed E-state index contributed by atoms with van der Waals surface area (Å²) in [4.78, 5) is 11.1. The molecular formula is C24H40O4. The quantitative estimate of drug-likeness (QED) is 0.659. The molecule has 4 heteroatoms. The second-order valence-corrected chi connectivity index (χ2v) is 11.4. The van der Waals surface area contributed by atoms with Gasteiger partial charge in [0.2, 0.25) is 0 Å². The lowest BCUT2D eigenvalue weighted by molar-refractivity contribution is -0.174. The number of hydrogen-bond acceptors (Lipinski definition) is 3. The fourth-order valence-corrected chi connectivity index (χ4v) is 8.73. The van der Waals surface area contributed by atoms with Gasteiger partial charge >= 0.3 is 5.97 Å². The third-order valence-electron chi connectivity index (χ3n) is 10.2. The Balaban J connectivity index is 1.55. The highest BCUT2D eigenvalue weighted by Gasteiger charge is 2.62. The van der Waals surface area contributed by atoms with Crippen molar-refractivity contribution in [3.63, 3.8) is 0 Å². The minimum atomic E-state index is -0.684. The average Bonchev–Trinajstić information content (AvgIpc) is 2.98. The highest BCUT2D eigenvalue weighted by Crippen LogP contribution is 2.68. The zero-order valence-corrected chi connectivity index (χ0v) is 17.9. The molecule has 1 unspecified atom stereocenters. The predicted octanol–water partition coefficient (Wildman–Crippen LogP) is 4.48. The number of aliphatic hydroxyl groups excluding tert-OH is 2.